The molecule has 6 saturated heterocycles. The average molecular weight is 1810 g/mol. The zero-order valence-electron chi connectivity index (χ0n) is 72.2. The van der Waals surface area contributed by atoms with Gasteiger partial charge >= 0.3 is 78.5 Å². The van der Waals surface area contributed by atoms with E-state index in [4.69, 9.17) is 139 Å². The van der Waals surface area contributed by atoms with Crippen LogP contribution in [-0.2, 0) is 62.3 Å². The summed E-state index contributed by atoms with van der Waals surface area (Å²) >= 11 is 0. The third-order valence-corrected chi connectivity index (χ3v) is 23.7. The van der Waals surface area contributed by atoms with Gasteiger partial charge < -0.3 is 204 Å². The third-order valence-electron chi connectivity index (χ3n) is 23.7. The minimum absolute atomic E-state index is 0.0430. The largest absolute Gasteiger partial charge is 0.480 e. The van der Waals surface area contributed by atoms with E-state index in [1.165, 1.54) is 50.4 Å². The first-order chi connectivity index (χ1) is 58.1. The number of rotatable bonds is 41. The number of nitrogens with zero attached hydrogens (tertiary/aromatic N) is 6. The van der Waals surface area contributed by atoms with Crippen LogP contribution in [0.5, 0.6) is 0 Å². The molecule has 0 aromatic carbocycles. The Balaban J connectivity index is 0.000000757. The number of likely N-dealkylation sites (tertiary alicyclic amines) is 6. The number of hydrogen-bond acceptors (Lipinski definition) is 39. The number of carbonyl (C=O) groups is 12. The molecular formula is C69H138B6N18O33. The fraction of sp³-hybridized carbons (Fsp3) is 0.826. The second-order valence-electron chi connectivity index (χ2n) is 34.0. The molecule has 0 aromatic rings. The van der Waals surface area contributed by atoms with Gasteiger partial charge in [0.2, 0.25) is 35.4 Å². The van der Waals surface area contributed by atoms with Crippen LogP contribution in [0.2, 0.25) is 37.9 Å². The summed E-state index contributed by atoms with van der Waals surface area (Å²) in [6.45, 7) is 6.31. The fourth-order valence-corrected chi connectivity index (χ4v) is 15.6. The molecule has 6 amide bonds. The molecule has 51 nitrogen and oxygen atoms in total. The molecule has 0 aromatic heterocycles. The quantitative estimate of drug-likeness (QED) is 0.0253. The van der Waals surface area contributed by atoms with Crippen molar-refractivity contribution in [3.8, 4) is 0 Å². The van der Waals surface area contributed by atoms with Crippen LogP contribution < -0.4 is 68.8 Å². The fourth-order valence-electron chi connectivity index (χ4n) is 15.6. The van der Waals surface area contributed by atoms with Crippen LogP contribution >= 0.6 is 0 Å². The topological polar surface area (TPSA) is 950 Å². The van der Waals surface area contributed by atoms with Gasteiger partial charge in [-0.3, -0.25) is 57.5 Å². The lowest BCUT2D eigenvalue weighted by Gasteiger charge is -2.25. The summed E-state index contributed by atoms with van der Waals surface area (Å²) in [4.78, 5) is 148. The van der Waals surface area contributed by atoms with Gasteiger partial charge in [0.05, 0.1) is 37.9 Å². The van der Waals surface area contributed by atoms with Crippen LogP contribution in [0.15, 0.2) is 0 Å². The summed E-state index contributed by atoms with van der Waals surface area (Å²) in [5.74, 6) is -12.4. The highest BCUT2D eigenvalue weighted by Crippen LogP contribution is 2.37. The molecule has 57 heteroatoms. The maximum atomic E-state index is 12.3. The molecule has 720 valence electrons. The summed E-state index contributed by atoms with van der Waals surface area (Å²) in [5.41, 5.74) is 59.7. The number of aliphatic hydroxyl groups is 2. The lowest BCUT2D eigenvalue weighted by Crippen LogP contribution is -2.56. The Morgan fingerprint density at radius 2 is 0.556 bits per heavy atom. The third kappa shape index (κ3) is 34.3. The number of carboxylic acid groups (broad SMARTS) is 6. The van der Waals surface area contributed by atoms with Crippen molar-refractivity contribution in [2.75, 3.05) is 105 Å². The monoisotopic (exact) mass is 1810 g/mol. The lowest BCUT2D eigenvalue weighted by molar-refractivity contribution is -0.145. The van der Waals surface area contributed by atoms with Gasteiger partial charge in [-0.05, 0) is 96.2 Å². The molecule has 6 heterocycles. The first-order valence-electron chi connectivity index (χ1n) is 41.4. The van der Waals surface area contributed by atoms with E-state index in [1.807, 2.05) is 13.8 Å². The highest BCUT2D eigenvalue weighted by Gasteiger charge is 2.57. The number of methoxy groups -OCH3 is 1. The predicted molar refractivity (Wildman–Crippen MR) is 453 cm³/mol. The predicted octanol–water partition coefficient (Wildman–Crippen LogP) is -14.8. The summed E-state index contributed by atoms with van der Waals surface area (Å²) in [6, 6.07) is -4.47. The van der Waals surface area contributed by atoms with E-state index < -0.39 is 208 Å². The Morgan fingerprint density at radius 3 is 0.746 bits per heavy atom. The lowest BCUT2D eigenvalue weighted by atomic mass is 9.78. The zero-order valence-corrected chi connectivity index (χ0v) is 72.2. The van der Waals surface area contributed by atoms with Crippen LogP contribution in [0.25, 0.3) is 0 Å². The number of amides is 6. The summed E-state index contributed by atoms with van der Waals surface area (Å²) in [6.07, 6.45) is 4.45. The second kappa shape index (κ2) is 53.3. The van der Waals surface area contributed by atoms with E-state index in [0.717, 1.165) is 0 Å². The van der Waals surface area contributed by atoms with Gasteiger partial charge in [-0.1, -0.05) is 52.4 Å². The average Bonchev–Trinajstić information content (AvgIpc) is 1.69. The Hall–Kier alpha value is -7.05. The van der Waals surface area contributed by atoms with Crippen LogP contribution in [-0.4, -0.2) is 419 Å². The molecule has 44 N–H and O–H groups in total. The second-order valence-corrected chi connectivity index (χ2v) is 34.0. The van der Waals surface area contributed by atoms with Crippen LogP contribution in [0.4, 0.5) is 0 Å². The van der Waals surface area contributed by atoms with Crippen LogP contribution in [0, 0.1) is 41.4 Å². The molecule has 126 heavy (non-hydrogen) atoms. The van der Waals surface area contributed by atoms with E-state index in [2.05, 4.69) is 0 Å². The van der Waals surface area contributed by atoms with Gasteiger partial charge in [-0.2, -0.15) is 0 Å². The maximum absolute atomic E-state index is 12.3. The minimum atomic E-state index is -1.60. The van der Waals surface area contributed by atoms with E-state index in [0.29, 0.717) is 77.0 Å². The van der Waals surface area contributed by atoms with Crippen molar-refractivity contribution in [3.63, 3.8) is 0 Å². The molecule has 0 aliphatic carbocycles. The molecule has 0 radical (unpaired) electrons. The normalized spacial score (nSPS) is 26.8. The number of hydrogen-bond donors (Lipinski definition) is 32. The SMILES string of the molecule is CC(C)[C@H](N)C(=O)N1C[C@H](CCCB(O)O)[C@](N)(C(=O)O)C1.COC[C@H](N)C(=O)N1C[C@H](CCCB(O)O)[C@](N)(C(=O)O)C1.C[C@@H](O)[C@H](N)C(=O)N1C[C@H](CCCB(O)O)[C@](N)(C(=O)O)C1.C[C@H](N)C(=O)N1C[C@H](CCCB(O)O)[C@](N)(C(=O)O)C1.NCC(=O)N1C[C@H](CCCB(O)O)[C@](N)(C(=O)O)C1.N[C@@H](CO)C(=O)N1C[C@H](CCCB(O)O)[C@](N)(C(=O)O)C1. The standard InChI is InChI=1S/C13H26BN3O5.2C12H24BN3O6.C11H22BN3O6.C11H22BN3O5.C10H20BN3O5/c1-8(2)10(15)11(18)17-6-9(4-3-5-14(21)22)13(16,7-17)12(19)20;1-22-6-9(14)10(17)16-5-8(3-2-4-13(20)21)12(15,7-16)11(18)19;1-7(17)9(14)10(18)16-5-8(3-2-4-13(21)22)12(15,6-16)11(19)20;13-8(5-16)9(17)15-4-7(2-1-3-12(20)21)11(14,6-15)10(18)19;1-7(13)9(16)15-5-8(3-2-4-12(19)20)11(14,6-15)10(17)18;12-4-8(15)14-5-7(2-1-3-11(18)19)10(13,6-14)9(16)17/h8-10,21-22H,3-7,15-16H2,1-2H3,(H,19,20);8-9,20-21H,2-7,14-15H2,1H3,(H,18,19);7-9,17,21-22H,2-6,14-15H2,1H3,(H,19,20);7-8,16,20-21H,1-6,13-14H2,(H,18,19);7-8,19-20H,2-6,13-14H2,1H3,(H,17,18);7,18-19H,1-6,12-13H2,(H,16,17)/t9-,10-,13-;8-,9-,12-;7-,8+,9+,12+;2*7-,8-,11-;7-,10-/m001000/s1. The smallest absolute Gasteiger partial charge is 0.451 e. The van der Waals surface area contributed by atoms with Crippen LogP contribution in [0.3, 0.4) is 0 Å². The van der Waals surface area contributed by atoms with Gasteiger partial charge in [0, 0.05) is 121 Å². The van der Waals surface area contributed by atoms with Crippen molar-refractivity contribution in [1.82, 2.24) is 29.4 Å². The Kier molecular flexibility index (Phi) is 49.5. The number of ether oxygens (including phenoxy) is 1. The summed E-state index contributed by atoms with van der Waals surface area (Å²) in [7, 11) is -7.19. The Bertz CT molecular complexity index is 3430. The number of aliphatic carboxylic acids is 6. The molecule has 18 atom stereocenters. The van der Waals surface area contributed by atoms with Crippen molar-refractivity contribution in [1.29, 1.82) is 0 Å². The highest BCUT2D eigenvalue weighted by atomic mass is 16.5. The first-order valence-corrected chi connectivity index (χ1v) is 41.4. The number of carbonyl (C=O) groups excluding carboxylic acids is 6. The molecule has 0 bridgehead atoms. The summed E-state index contributed by atoms with van der Waals surface area (Å²) < 4.78 is 4.83. The van der Waals surface area contributed by atoms with Gasteiger partial charge in [-0.15, -0.1) is 0 Å². The van der Waals surface area contributed by atoms with E-state index in [9.17, 15) is 93.3 Å². The molecule has 6 rings (SSSR count). The minimum Gasteiger partial charge on any atom is -0.480 e. The first kappa shape index (κ1) is 117. The molecule has 0 spiro atoms. The Morgan fingerprint density at radius 1 is 0.349 bits per heavy atom. The van der Waals surface area contributed by atoms with Crippen molar-refractivity contribution in [2.45, 2.75) is 212 Å². The number of aliphatic hydroxyl groups excluding tert-OH is 2. The van der Waals surface area contributed by atoms with E-state index in [1.54, 1.807) is 0 Å². The number of nitrogens with two attached hydrogens (primary N) is 12. The van der Waals surface area contributed by atoms with E-state index >= 15 is 0 Å². The van der Waals surface area contributed by atoms with Gasteiger partial charge in [-0.25, -0.2) is 0 Å². The zero-order chi connectivity index (χ0) is 97.4. The van der Waals surface area contributed by atoms with E-state index in [-0.39, 0.29) is 153 Å². The maximum Gasteiger partial charge on any atom is 0.451 e. The van der Waals surface area contributed by atoms with Gasteiger partial charge in [0.25, 0.3) is 0 Å². The van der Waals surface area contributed by atoms with Crippen molar-refractivity contribution < 1.29 is 163 Å². The Labute approximate surface area is 731 Å². The highest BCUT2D eigenvalue weighted by molar-refractivity contribution is 6.42. The van der Waals surface area contributed by atoms with Crippen molar-refractivity contribution in [2.24, 2.45) is 110 Å². The molecule has 0 unspecified atom stereocenters. The molecule has 0 saturated carbocycles. The number of carboxylic acids is 6. The van der Waals surface area contributed by atoms with Crippen molar-refractivity contribution in [3.05, 3.63) is 0 Å². The molecule has 6 fully saturated rings. The van der Waals surface area contributed by atoms with Crippen LogP contribution in [0.1, 0.15) is 105 Å². The van der Waals surface area contributed by atoms with Crippen molar-refractivity contribution >= 4 is 114 Å². The molecule has 6 aliphatic rings. The molecule has 6 aliphatic heterocycles. The molecular weight excluding hydrogens is 1670 g/mol. The summed E-state index contributed by atoms with van der Waals surface area (Å²) in [5, 5.41) is 180. The van der Waals surface area contributed by atoms with Gasteiger partial charge in [0.1, 0.15) is 51.4 Å². The van der Waals surface area contributed by atoms with Gasteiger partial charge in [0.15, 0.2) is 0 Å².